The number of carbonyl (C=O) groups is 1. The molecule has 0 saturated carbocycles. The monoisotopic (exact) mass is 379 g/mol. The van der Waals surface area contributed by atoms with Gasteiger partial charge in [-0.25, -0.2) is 9.78 Å². The Morgan fingerprint density at radius 1 is 1.22 bits per heavy atom. The van der Waals surface area contributed by atoms with E-state index in [1.54, 1.807) is 16.2 Å². The van der Waals surface area contributed by atoms with Gasteiger partial charge in [0.05, 0.1) is 23.4 Å². The third kappa shape index (κ3) is 2.78. The highest BCUT2D eigenvalue weighted by Crippen LogP contribution is 2.37. The first kappa shape index (κ1) is 16.6. The van der Waals surface area contributed by atoms with E-state index in [4.69, 9.17) is 4.98 Å². The fourth-order valence-electron chi connectivity index (χ4n) is 4.05. The lowest BCUT2D eigenvalue weighted by atomic mass is 10.0. The molecular weight excluding hydrogens is 358 g/mol. The molecule has 3 aromatic heterocycles. The average molecular weight is 379 g/mol. The summed E-state index contributed by atoms with van der Waals surface area (Å²) >= 11 is 1.66. The highest BCUT2D eigenvalue weighted by Gasteiger charge is 2.36. The average Bonchev–Trinajstić information content (AvgIpc) is 3.24. The molecule has 27 heavy (non-hydrogen) atoms. The number of carbonyl (C=O) groups excluding carboxylic acids is 1. The lowest BCUT2D eigenvalue weighted by Gasteiger charge is -2.41. The van der Waals surface area contributed by atoms with Crippen LogP contribution < -0.4 is 10.2 Å². The number of nitrogens with one attached hydrogen (secondary N) is 1. The van der Waals surface area contributed by atoms with Gasteiger partial charge >= 0.3 is 6.03 Å². The maximum absolute atomic E-state index is 13.1. The van der Waals surface area contributed by atoms with Crippen LogP contribution in [-0.2, 0) is 6.54 Å². The second-order valence-corrected chi connectivity index (χ2v) is 7.98. The van der Waals surface area contributed by atoms with Gasteiger partial charge in [0.25, 0.3) is 0 Å². The van der Waals surface area contributed by atoms with Gasteiger partial charge in [0.2, 0.25) is 0 Å². The molecule has 0 radical (unpaired) electrons. The van der Waals surface area contributed by atoms with Crippen LogP contribution in [0.3, 0.4) is 0 Å². The number of anilines is 1. The number of hydrogen-bond acceptors (Lipinski definition) is 5. The number of fused-ring (bicyclic) bond motifs is 3. The Balaban J connectivity index is 1.71. The van der Waals surface area contributed by atoms with Gasteiger partial charge in [-0.1, -0.05) is 0 Å². The van der Waals surface area contributed by atoms with Crippen LogP contribution in [0, 0.1) is 0 Å². The van der Waals surface area contributed by atoms with Gasteiger partial charge in [-0.05, 0) is 49.5 Å². The minimum Gasteiger partial charge on any atom is -0.323 e. The van der Waals surface area contributed by atoms with E-state index >= 15 is 0 Å². The number of piperidine rings is 1. The summed E-state index contributed by atoms with van der Waals surface area (Å²) in [7, 11) is 1.86. The van der Waals surface area contributed by atoms with Gasteiger partial charge in [0.1, 0.15) is 5.52 Å². The Kier molecular flexibility index (Phi) is 4.06. The van der Waals surface area contributed by atoms with Crippen LogP contribution >= 0.6 is 11.3 Å². The molecule has 5 heterocycles. The lowest BCUT2D eigenvalue weighted by Crippen LogP contribution is -2.53. The summed E-state index contributed by atoms with van der Waals surface area (Å²) in [5, 5.41) is 7.54. The molecule has 0 atom stereocenters. The van der Waals surface area contributed by atoms with Crippen molar-refractivity contribution in [3.8, 4) is 11.3 Å². The van der Waals surface area contributed by atoms with Crippen molar-refractivity contribution in [1.82, 2.24) is 20.2 Å². The zero-order valence-electron chi connectivity index (χ0n) is 15.2. The molecule has 1 fully saturated rings. The van der Waals surface area contributed by atoms with E-state index in [-0.39, 0.29) is 12.1 Å². The van der Waals surface area contributed by atoms with E-state index < -0.39 is 0 Å². The Hall–Kier alpha value is -2.51. The fourth-order valence-corrected chi connectivity index (χ4v) is 4.70. The second-order valence-electron chi connectivity index (χ2n) is 7.20. The number of amides is 2. The summed E-state index contributed by atoms with van der Waals surface area (Å²) in [4.78, 5) is 26.5. The van der Waals surface area contributed by atoms with Crippen molar-refractivity contribution in [3.05, 3.63) is 40.7 Å². The number of rotatable bonds is 2. The van der Waals surface area contributed by atoms with Crippen molar-refractivity contribution in [2.45, 2.75) is 25.4 Å². The molecule has 2 aliphatic rings. The molecule has 1 N–H and O–H groups in total. The van der Waals surface area contributed by atoms with E-state index in [0.29, 0.717) is 6.54 Å². The van der Waals surface area contributed by atoms with Crippen molar-refractivity contribution < 1.29 is 4.79 Å². The van der Waals surface area contributed by atoms with Crippen LogP contribution in [0.4, 0.5) is 10.5 Å². The summed E-state index contributed by atoms with van der Waals surface area (Å²) in [6.45, 7) is 2.44. The molecule has 0 aromatic carbocycles. The molecule has 3 aromatic rings. The third-order valence-corrected chi connectivity index (χ3v) is 6.12. The molecule has 0 bridgehead atoms. The molecule has 5 rings (SSSR count). The minimum absolute atomic E-state index is 0.0598. The van der Waals surface area contributed by atoms with Gasteiger partial charge < -0.3 is 10.2 Å². The zero-order valence-corrected chi connectivity index (χ0v) is 16.0. The Morgan fingerprint density at radius 2 is 2.07 bits per heavy atom. The topological polar surface area (TPSA) is 61.4 Å². The lowest BCUT2D eigenvalue weighted by molar-refractivity contribution is 0.205. The summed E-state index contributed by atoms with van der Waals surface area (Å²) in [6.07, 6.45) is 3.81. The summed E-state index contributed by atoms with van der Waals surface area (Å²) < 4.78 is 0. The second kappa shape index (κ2) is 6.58. The van der Waals surface area contributed by atoms with E-state index in [1.165, 1.54) is 0 Å². The molecule has 6 nitrogen and oxygen atoms in total. The highest BCUT2D eigenvalue weighted by molar-refractivity contribution is 7.08. The summed E-state index contributed by atoms with van der Waals surface area (Å²) in [5.74, 6) is 0. The smallest absolute Gasteiger partial charge is 0.323 e. The van der Waals surface area contributed by atoms with Gasteiger partial charge in [-0.15, -0.1) is 0 Å². The van der Waals surface area contributed by atoms with Gasteiger partial charge in [-0.2, -0.15) is 11.3 Å². The summed E-state index contributed by atoms with van der Waals surface area (Å²) in [5.41, 5.74) is 5.72. The number of thiophene rings is 1. The number of hydrogen-bond donors (Lipinski definition) is 1. The maximum Gasteiger partial charge on any atom is 0.324 e. The van der Waals surface area contributed by atoms with E-state index in [9.17, 15) is 4.79 Å². The zero-order chi connectivity index (χ0) is 18.4. The number of aromatic nitrogens is 2. The van der Waals surface area contributed by atoms with E-state index in [0.717, 1.165) is 59.5 Å². The highest BCUT2D eigenvalue weighted by atomic mass is 32.1. The molecule has 7 heteroatoms. The molecule has 0 aliphatic carbocycles. The van der Waals surface area contributed by atoms with E-state index in [1.807, 2.05) is 30.3 Å². The molecule has 2 aliphatic heterocycles. The van der Waals surface area contributed by atoms with Crippen LogP contribution in [0.2, 0.25) is 0 Å². The quantitative estimate of drug-likeness (QED) is 0.740. The van der Waals surface area contributed by atoms with Gasteiger partial charge in [-0.3, -0.25) is 9.88 Å². The van der Waals surface area contributed by atoms with Crippen molar-refractivity contribution in [3.63, 3.8) is 0 Å². The first-order chi connectivity index (χ1) is 13.2. The Bertz CT molecular complexity index is 997. The van der Waals surface area contributed by atoms with Crippen LogP contribution in [0.15, 0.2) is 35.2 Å². The normalized spacial score (nSPS) is 18.2. The van der Waals surface area contributed by atoms with Crippen molar-refractivity contribution >= 4 is 34.1 Å². The Labute approximate surface area is 161 Å². The molecule has 0 spiro atoms. The predicted octanol–water partition coefficient (Wildman–Crippen LogP) is 3.48. The Morgan fingerprint density at radius 3 is 2.85 bits per heavy atom. The standard InChI is InChI=1S/C20H21N5OS/c1-24-11-14-10-22-17-3-2-16(13-6-9-27-12-13)23-18(17)19(14)25(20(24)26)15-4-7-21-8-5-15/h2-3,6,9-10,12,15,21H,4-5,7-8,11H2,1H3. The van der Waals surface area contributed by atoms with Crippen LogP contribution in [0.1, 0.15) is 18.4 Å². The van der Waals surface area contributed by atoms with Crippen molar-refractivity contribution in [1.29, 1.82) is 0 Å². The molecular formula is C20H21N5OS. The van der Waals surface area contributed by atoms with E-state index in [2.05, 4.69) is 27.1 Å². The maximum atomic E-state index is 13.1. The predicted molar refractivity (Wildman–Crippen MR) is 108 cm³/mol. The summed E-state index contributed by atoms with van der Waals surface area (Å²) in [6, 6.07) is 6.35. The minimum atomic E-state index is 0.0598. The van der Waals surface area contributed by atoms with Crippen molar-refractivity contribution in [2.75, 3.05) is 25.0 Å². The van der Waals surface area contributed by atoms with Crippen LogP contribution in [-0.4, -0.2) is 47.1 Å². The molecule has 138 valence electrons. The number of nitrogens with zero attached hydrogens (tertiary/aromatic N) is 4. The molecule has 1 saturated heterocycles. The SMILES string of the molecule is CN1Cc2cnc3ccc(-c4ccsc4)nc3c2N(C2CCNCC2)C1=O. The number of urea groups is 1. The number of pyridine rings is 2. The van der Waals surface area contributed by atoms with Crippen LogP contribution in [0.5, 0.6) is 0 Å². The first-order valence-corrected chi connectivity index (χ1v) is 10.2. The molecule has 0 unspecified atom stereocenters. The largest absolute Gasteiger partial charge is 0.324 e. The first-order valence-electron chi connectivity index (χ1n) is 9.28. The third-order valence-electron chi connectivity index (χ3n) is 5.43. The van der Waals surface area contributed by atoms with Crippen LogP contribution in [0.25, 0.3) is 22.3 Å². The van der Waals surface area contributed by atoms with Crippen molar-refractivity contribution in [2.24, 2.45) is 0 Å². The van der Waals surface area contributed by atoms with Gasteiger partial charge in [0.15, 0.2) is 0 Å². The fraction of sp³-hybridized carbons (Fsp3) is 0.350. The van der Waals surface area contributed by atoms with Gasteiger partial charge in [0, 0.05) is 35.8 Å². The molecule has 2 amide bonds.